The van der Waals surface area contributed by atoms with Crippen molar-refractivity contribution in [3.05, 3.63) is 35.4 Å². The van der Waals surface area contributed by atoms with Crippen LogP contribution in [0.4, 0.5) is 0 Å². The smallest absolute Gasteiger partial charge is 0.00173 e. The molecule has 0 aliphatic rings. The molecule has 1 aromatic carbocycles. The van der Waals surface area contributed by atoms with Gasteiger partial charge in [0.25, 0.3) is 0 Å². The van der Waals surface area contributed by atoms with Crippen LogP contribution in [0.3, 0.4) is 0 Å². The van der Waals surface area contributed by atoms with Crippen molar-refractivity contribution in [2.75, 3.05) is 13.1 Å². The lowest BCUT2D eigenvalue weighted by Crippen LogP contribution is -2.27. The highest BCUT2D eigenvalue weighted by molar-refractivity contribution is 5.27. The van der Waals surface area contributed by atoms with Crippen molar-refractivity contribution in [2.24, 2.45) is 11.8 Å². The highest BCUT2D eigenvalue weighted by Crippen LogP contribution is 2.23. The van der Waals surface area contributed by atoms with Crippen LogP contribution in [0.1, 0.15) is 59.1 Å². The van der Waals surface area contributed by atoms with Gasteiger partial charge in [-0.25, -0.2) is 0 Å². The van der Waals surface area contributed by atoms with Crippen molar-refractivity contribution in [1.82, 2.24) is 5.32 Å². The van der Waals surface area contributed by atoms with Crippen LogP contribution in [0.15, 0.2) is 24.3 Å². The zero-order valence-corrected chi connectivity index (χ0v) is 14.3. The molecule has 1 aromatic rings. The van der Waals surface area contributed by atoms with E-state index in [4.69, 9.17) is 0 Å². The first-order chi connectivity index (χ1) is 9.32. The molecule has 0 fully saturated rings. The molecule has 1 N–H and O–H groups in total. The summed E-state index contributed by atoms with van der Waals surface area (Å²) in [6.07, 6.45) is 2.43. The molecule has 1 atom stereocenters. The van der Waals surface area contributed by atoms with E-state index in [0.717, 1.165) is 24.9 Å². The van der Waals surface area contributed by atoms with Crippen LogP contribution in [0.2, 0.25) is 0 Å². The monoisotopic (exact) mass is 275 g/mol. The highest BCUT2D eigenvalue weighted by atomic mass is 14.9. The van der Waals surface area contributed by atoms with Gasteiger partial charge in [0.2, 0.25) is 0 Å². The van der Waals surface area contributed by atoms with Gasteiger partial charge in [-0.2, -0.15) is 0 Å². The minimum atomic E-state index is 0.251. The van der Waals surface area contributed by atoms with Gasteiger partial charge < -0.3 is 5.32 Å². The molecule has 0 saturated carbocycles. The third-order valence-electron chi connectivity index (χ3n) is 3.91. The summed E-state index contributed by atoms with van der Waals surface area (Å²) in [5.74, 6) is 1.48. The average molecular weight is 275 g/mol. The summed E-state index contributed by atoms with van der Waals surface area (Å²) in [5.41, 5.74) is 3.14. The van der Waals surface area contributed by atoms with E-state index in [-0.39, 0.29) is 5.41 Å². The molecule has 1 nitrogen and oxygen atoms in total. The quantitative estimate of drug-likeness (QED) is 0.754. The van der Waals surface area contributed by atoms with Crippen molar-refractivity contribution >= 4 is 0 Å². The van der Waals surface area contributed by atoms with E-state index in [1.165, 1.54) is 24.0 Å². The van der Waals surface area contributed by atoms with Gasteiger partial charge in [0.1, 0.15) is 0 Å². The molecule has 0 amide bonds. The summed E-state index contributed by atoms with van der Waals surface area (Å²) in [7, 11) is 0. The Balaban J connectivity index is 2.53. The molecular formula is C19H33N. The van der Waals surface area contributed by atoms with Gasteiger partial charge >= 0.3 is 0 Å². The van der Waals surface area contributed by atoms with Crippen molar-refractivity contribution in [3.63, 3.8) is 0 Å². The maximum Gasteiger partial charge on any atom is -0.00173 e. The molecular weight excluding hydrogens is 242 g/mol. The standard InChI is InChI=1S/C19H33N/c1-7-16(14-20-13-15(2)3)12-17-8-10-18(11-9-17)19(4,5)6/h8-11,15-16,20H,7,12-14H2,1-6H3. The molecule has 0 aromatic heterocycles. The predicted octanol–water partition coefficient (Wildman–Crippen LogP) is 4.80. The first-order valence-corrected chi connectivity index (χ1v) is 8.13. The predicted molar refractivity (Wildman–Crippen MR) is 90.3 cm³/mol. The van der Waals surface area contributed by atoms with E-state index < -0.39 is 0 Å². The van der Waals surface area contributed by atoms with E-state index in [1.54, 1.807) is 0 Å². The highest BCUT2D eigenvalue weighted by Gasteiger charge is 2.13. The van der Waals surface area contributed by atoms with Crippen molar-refractivity contribution < 1.29 is 0 Å². The van der Waals surface area contributed by atoms with E-state index in [9.17, 15) is 0 Å². The molecule has 1 rings (SSSR count). The largest absolute Gasteiger partial charge is 0.316 e. The third kappa shape index (κ3) is 6.09. The second-order valence-corrected chi connectivity index (χ2v) is 7.48. The normalized spacial score (nSPS) is 13.8. The van der Waals surface area contributed by atoms with E-state index in [0.29, 0.717) is 0 Å². The maximum absolute atomic E-state index is 3.59. The lowest BCUT2D eigenvalue weighted by atomic mass is 9.86. The molecule has 20 heavy (non-hydrogen) atoms. The molecule has 1 unspecified atom stereocenters. The number of hydrogen-bond acceptors (Lipinski definition) is 1. The van der Waals surface area contributed by atoms with Gasteiger partial charge in [0.15, 0.2) is 0 Å². The first kappa shape index (κ1) is 17.2. The molecule has 0 bridgehead atoms. The lowest BCUT2D eigenvalue weighted by molar-refractivity contribution is 0.437. The Labute approximate surface area is 126 Å². The Kier molecular flexibility index (Phi) is 6.75. The maximum atomic E-state index is 3.59. The van der Waals surface area contributed by atoms with Crippen LogP contribution in [-0.2, 0) is 11.8 Å². The zero-order valence-electron chi connectivity index (χ0n) is 14.3. The van der Waals surface area contributed by atoms with Crippen LogP contribution >= 0.6 is 0 Å². The van der Waals surface area contributed by atoms with E-state index in [1.807, 2.05) is 0 Å². The van der Waals surface area contributed by atoms with Gasteiger partial charge in [-0.1, -0.05) is 72.2 Å². The van der Waals surface area contributed by atoms with Crippen LogP contribution in [0, 0.1) is 11.8 Å². The number of hydrogen-bond donors (Lipinski definition) is 1. The third-order valence-corrected chi connectivity index (χ3v) is 3.91. The fraction of sp³-hybridized carbons (Fsp3) is 0.684. The molecule has 0 radical (unpaired) electrons. The molecule has 0 aliphatic heterocycles. The number of benzene rings is 1. The van der Waals surface area contributed by atoms with E-state index in [2.05, 4.69) is 71.1 Å². The van der Waals surface area contributed by atoms with Gasteiger partial charge in [0.05, 0.1) is 0 Å². The van der Waals surface area contributed by atoms with Gasteiger partial charge in [-0.05, 0) is 47.9 Å². The average Bonchev–Trinajstić information content (AvgIpc) is 2.36. The lowest BCUT2D eigenvalue weighted by Gasteiger charge is -2.20. The van der Waals surface area contributed by atoms with Gasteiger partial charge in [-0.3, -0.25) is 0 Å². The molecule has 0 heterocycles. The Morgan fingerprint density at radius 3 is 2.05 bits per heavy atom. The summed E-state index contributed by atoms with van der Waals surface area (Å²) in [4.78, 5) is 0. The van der Waals surface area contributed by atoms with Crippen molar-refractivity contribution in [2.45, 2.75) is 59.8 Å². The van der Waals surface area contributed by atoms with Crippen LogP contribution in [-0.4, -0.2) is 13.1 Å². The number of nitrogens with one attached hydrogen (secondary N) is 1. The minimum Gasteiger partial charge on any atom is -0.316 e. The Hall–Kier alpha value is -0.820. The van der Waals surface area contributed by atoms with Gasteiger partial charge in [0, 0.05) is 0 Å². The Morgan fingerprint density at radius 2 is 1.60 bits per heavy atom. The molecule has 0 saturated heterocycles. The summed E-state index contributed by atoms with van der Waals surface area (Å²) in [6.45, 7) is 15.9. The fourth-order valence-electron chi connectivity index (χ4n) is 2.41. The fourth-order valence-corrected chi connectivity index (χ4v) is 2.41. The zero-order chi connectivity index (χ0) is 15.2. The molecule has 1 heteroatoms. The summed E-state index contributed by atoms with van der Waals surface area (Å²) < 4.78 is 0. The first-order valence-electron chi connectivity index (χ1n) is 8.13. The van der Waals surface area contributed by atoms with Crippen molar-refractivity contribution in [1.29, 1.82) is 0 Å². The van der Waals surface area contributed by atoms with Crippen LogP contribution in [0.25, 0.3) is 0 Å². The van der Waals surface area contributed by atoms with E-state index >= 15 is 0 Å². The van der Waals surface area contributed by atoms with Gasteiger partial charge in [-0.15, -0.1) is 0 Å². The second-order valence-electron chi connectivity index (χ2n) is 7.48. The topological polar surface area (TPSA) is 12.0 Å². The minimum absolute atomic E-state index is 0.251. The summed E-state index contributed by atoms with van der Waals surface area (Å²) in [5, 5.41) is 3.59. The molecule has 0 aliphatic carbocycles. The molecule has 114 valence electrons. The Bertz CT molecular complexity index is 370. The van der Waals surface area contributed by atoms with Crippen LogP contribution < -0.4 is 5.32 Å². The summed E-state index contributed by atoms with van der Waals surface area (Å²) >= 11 is 0. The second kappa shape index (κ2) is 7.83. The Morgan fingerprint density at radius 1 is 1.00 bits per heavy atom. The van der Waals surface area contributed by atoms with Crippen molar-refractivity contribution in [3.8, 4) is 0 Å². The number of rotatable bonds is 7. The summed E-state index contributed by atoms with van der Waals surface area (Å²) in [6, 6.07) is 9.21. The SMILES string of the molecule is CCC(CNCC(C)C)Cc1ccc(C(C)(C)C)cc1. The van der Waals surface area contributed by atoms with Crippen LogP contribution in [0.5, 0.6) is 0 Å². The molecule has 0 spiro atoms.